The van der Waals surface area contributed by atoms with Gasteiger partial charge in [-0.1, -0.05) is 30.3 Å². The number of rotatable bonds is 2. The van der Waals surface area contributed by atoms with Gasteiger partial charge in [-0.15, -0.1) is 0 Å². The molecule has 0 N–H and O–H groups in total. The summed E-state index contributed by atoms with van der Waals surface area (Å²) in [5.41, 5.74) is 0.980. The summed E-state index contributed by atoms with van der Waals surface area (Å²) in [5.74, 6) is -0.698. The van der Waals surface area contributed by atoms with Gasteiger partial charge in [0.1, 0.15) is 12.2 Å². The summed E-state index contributed by atoms with van der Waals surface area (Å²) < 4.78 is 11.4. The normalized spacial score (nSPS) is 27.9. The molecule has 86 valence electrons. The molecule has 1 heterocycles. The Hall–Kier alpha value is -1.19. The SMILES string of the molecule is CC(=O)[C@H]1OC(C)(C)O[C@@H]1c1ccccc1. The minimum absolute atomic E-state index is 0.000530. The van der Waals surface area contributed by atoms with Gasteiger partial charge in [0.2, 0.25) is 0 Å². The van der Waals surface area contributed by atoms with Crippen LogP contribution in [0.4, 0.5) is 0 Å². The summed E-state index contributed by atoms with van der Waals surface area (Å²) in [6.45, 7) is 5.18. The summed E-state index contributed by atoms with van der Waals surface area (Å²) in [6.07, 6.45) is -0.800. The highest BCUT2D eigenvalue weighted by molar-refractivity contribution is 5.81. The predicted molar refractivity (Wildman–Crippen MR) is 59.9 cm³/mol. The first-order chi connectivity index (χ1) is 7.49. The van der Waals surface area contributed by atoms with Crippen molar-refractivity contribution in [1.82, 2.24) is 0 Å². The summed E-state index contributed by atoms with van der Waals surface area (Å²) >= 11 is 0. The molecule has 0 amide bonds. The van der Waals surface area contributed by atoms with Gasteiger partial charge >= 0.3 is 0 Å². The van der Waals surface area contributed by atoms with Gasteiger partial charge in [-0.05, 0) is 26.3 Å². The average molecular weight is 220 g/mol. The highest BCUT2D eigenvalue weighted by Crippen LogP contribution is 2.38. The lowest BCUT2D eigenvalue weighted by Crippen LogP contribution is -2.25. The Morgan fingerprint density at radius 3 is 2.38 bits per heavy atom. The van der Waals surface area contributed by atoms with Crippen LogP contribution >= 0.6 is 0 Å². The molecule has 0 saturated carbocycles. The zero-order chi connectivity index (χ0) is 11.8. The topological polar surface area (TPSA) is 35.5 Å². The second kappa shape index (κ2) is 4.00. The number of carbonyl (C=O) groups is 1. The average Bonchev–Trinajstić information content (AvgIpc) is 2.56. The third kappa shape index (κ3) is 2.15. The number of ketones is 1. The molecular formula is C13H16O3. The van der Waals surface area contributed by atoms with E-state index >= 15 is 0 Å². The van der Waals surface area contributed by atoms with Crippen molar-refractivity contribution in [2.24, 2.45) is 0 Å². The van der Waals surface area contributed by atoms with Crippen LogP contribution < -0.4 is 0 Å². The van der Waals surface area contributed by atoms with Crippen LogP contribution in [0.5, 0.6) is 0 Å². The van der Waals surface area contributed by atoms with Crippen molar-refractivity contribution < 1.29 is 14.3 Å². The van der Waals surface area contributed by atoms with Crippen LogP contribution in [0.1, 0.15) is 32.4 Å². The molecule has 2 atom stereocenters. The van der Waals surface area contributed by atoms with Gasteiger partial charge in [0.25, 0.3) is 0 Å². The molecule has 0 bridgehead atoms. The Kier molecular flexibility index (Phi) is 2.82. The molecule has 3 nitrogen and oxygen atoms in total. The van der Waals surface area contributed by atoms with E-state index in [1.54, 1.807) is 0 Å². The van der Waals surface area contributed by atoms with Crippen molar-refractivity contribution in [2.45, 2.75) is 38.8 Å². The molecule has 1 saturated heterocycles. The lowest BCUT2D eigenvalue weighted by atomic mass is 10.0. The Bertz CT molecular complexity index is 383. The standard InChI is InChI=1S/C13H16O3/c1-9(14)11-12(16-13(2,3)15-11)10-7-5-4-6-8-10/h4-8,11-12H,1-3H3/t11-,12-/m1/s1. The minimum Gasteiger partial charge on any atom is -0.339 e. The van der Waals surface area contributed by atoms with E-state index in [4.69, 9.17) is 9.47 Å². The summed E-state index contributed by atoms with van der Waals surface area (Å²) in [4.78, 5) is 11.5. The van der Waals surface area contributed by atoms with Crippen molar-refractivity contribution in [3.63, 3.8) is 0 Å². The van der Waals surface area contributed by atoms with Gasteiger partial charge < -0.3 is 9.47 Å². The van der Waals surface area contributed by atoms with Crippen LogP contribution in [0.15, 0.2) is 30.3 Å². The smallest absolute Gasteiger partial charge is 0.164 e. The Labute approximate surface area is 95.4 Å². The molecule has 1 fully saturated rings. The number of hydrogen-bond donors (Lipinski definition) is 0. The Morgan fingerprint density at radius 2 is 1.81 bits per heavy atom. The van der Waals surface area contributed by atoms with E-state index in [1.165, 1.54) is 6.92 Å². The molecule has 1 aliphatic heterocycles. The quantitative estimate of drug-likeness (QED) is 0.768. The monoisotopic (exact) mass is 220 g/mol. The number of Topliss-reactive ketones (excluding diaryl/α,β-unsaturated/α-hetero) is 1. The van der Waals surface area contributed by atoms with Crippen molar-refractivity contribution in [2.75, 3.05) is 0 Å². The maximum atomic E-state index is 11.5. The third-order valence-corrected chi connectivity index (χ3v) is 2.63. The van der Waals surface area contributed by atoms with Crippen molar-refractivity contribution in [3.8, 4) is 0 Å². The molecule has 0 aromatic heterocycles. The molecule has 0 aliphatic carbocycles. The Morgan fingerprint density at radius 1 is 1.19 bits per heavy atom. The highest BCUT2D eigenvalue weighted by atomic mass is 16.8. The molecule has 0 spiro atoms. The van der Waals surface area contributed by atoms with Crippen LogP contribution in [0.2, 0.25) is 0 Å². The predicted octanol–water partition coefficient (Wildman–Crippen LogP) is 2.47. The number of benzene rings is 1. The van der Waals surface area contributed by atoms with Crippen LogP contribution in [-0.4, -0.2) is 17.7 Å². The fourth-order valence-electron chi connectivity index (χ4n) is 1.94. The first-order valence-electron chi connectivity index (χ1n) is 5.41. The lowest BCUT2D eigenvalue weighted by molar-refractivity contribution is -0.154. The van der Waals surface area contributed by atoms with Crippen LogP contribution in [0.3, 0.4) is 0 Å². The number of hydrogen-bond acceptors (Lipinski definition) is 3. The first-order valence-corrected chi connectivity index (χ1v) is 5.41. The van der Waals surface area contributed by atoms with Crippen molar-refractivity contribution in [3.05, 3.63) is 35.9 Å². The molecule has 1 aromatic rings. The second-order valence-electron chi connectivity index (χ2n) is 4.50. The molecule has 0 radical (unpaired) electrons. The largest absolute Gasteiger partial charge is 0.339 e. The van der Waals surface area contributed by atoms with E-state index in [0.717, 1.165) is 5.56 Å². The maximum absolute atomic E-state index is 11.5. The van der Waals surface area contributed by atoms with E-state index in [9.17, 15) is 4.79 Å². The van der Waals surface area contributed by atoms with Gasteiger partial charge in [-0.3, -0.25) is 4.79 Å². The fraction of sp³-hybridized carbons (Fsp3) is 0.462. The Balaban J connectivity index is 2.29. The van der Waals surface area contributed by atoms with Gasteiger partial charge in [0.05, 0.1) is 0 Å². The molecular weight excluding hydrogens is 204 g/mol. The van der Waals surface area contributed by atoms with E-state index < -0.39 is 11.9 Å². The molecule has 1 aliphatic rings. The molecule has 0 unspecified atom stereocenters. The van der Waals surface area contributed by atoms with E-state index in [-0.39, 0.29) is 11.9 Å². The summed E-state index contributed by atoms with van der Waals surface area (Å²) in [5, 5.41) is 0. The van der Waals surface area contributed by atoms with Crippen LogP contribution in [0, 0.1) is 0 Å². The fourth-order valence-corrected chi connectivity index (χ4v) is 1.94. The number of carbonyl (C=O) groups excluding carboxylic acids is 1. The zero-order valence-electron chi connectivity index (χ0n) is 9.77. The van der Waals surface area contributed by atoms with Gasteiger partial charge in [0.15, 0.2) is 11.6 Å². The van der Waals surface area contributed by atoms with Crippen LogP contribution in [-0.2, 0) is 14.3 Å². The van der Waals surface area contributed by atoms with Gasteiger partial charge in [-0.2, -0.15) is 0 Å². The second-order valence-corrected chi connectivity index (χ2v) is 4.50. The third-order valence-electron chi connectivity index (χ3n) is 2.63. The number of ether oxygens (including phenoxy) is 2. The van der Waals surface area contributed by atoms with E-state index in [1.807, 2.05) is 44.2 Å². The van der Waals surface area contributed by atoms with Crippen LogP contribution in [0.25, 0.3) is 0 Å². The van der Waals surface area contributed by atoms with Gasteiger partial charge in [0, 0.05) is 0 Å². The van der Waals surface area contributed by atoms with E-state index in [2.05, 4.69) is 0 Å². The molecule has 1 aromatic carbocycles. The minimum atomic E-state index is -0.698. The molecule has 16 heavy (non-hydrogen) atoms. The molecule has 2 rings (SSSR count). The first kappa shape index (κ1) is 11.3. The lowest BCUT2D eigenvalue weighted by Gasteiger charge is -2.16. The molecule has 3 heteroatoms. The van der Waals surface area contributed by atoms with Crippen molar-refractivity contribution >= 4 is 5.78 Å². The van der Waals surface area contributed by atoms with Crippen molar-refractivity contribution in [1.29, 1.82) is 0 Å². The zero-order valence-corrected chi connectivity index (χ0v) is 9.77. The summed E-state index contributed by atoms with van der Waals surface area (Å²) in [7, 11) is 0. The summed E-state index contributed by atoms with van der Waals surface area (Å²) in [6, 6.07) is 9.70. The van der Waals surface area contributed by atoms with E-state index in [0.29, 0.717) is 0 Å². The highest BCUT2D eigenvalue weighted by Gasteiger charge is 2.44. The van der Waals surface area contributed by atoms with Gasteiger partial charge in [-0.25, -0.2) is 0 Å². The maximum Gasteiger partial charge on any atom is 0.164 e.